The lowest BCUT2D eigenvalue weighted by atomic mass is 10.1. The van der Waals surface area contributed by atoms with Gasteiger partial charge >= 0.3 is 0 Å². The van der Waals surface area contributed by atoms with E-state index in [2.05, 4.69) is 25.9 Å². The van der Waals surface area contributed by atoms with E-state index in [1.807, 2.05) is 0 Å². The van der Waals surface area contributed by atoms with Gasteiger partial charge in [0.25, 0.3) is 5.91 Å². The molecule has 0 saturated carbocycles. The number of H-pyrrole nitrogens is 1. The lowest BCUT2D eigenvalue weighted by Crippen LogP contribution is -2.43. The Labute approximate surface area is 162 Å². The number of hydrogen-bond donors (Lipinski definition) is 2. The van der Waals surface area contributed by atoms with Gasteiger partial charge in [-0.25, -0.2) is 0 Å². The summed E-state index contributed by atoms with van der Waals surface area (Å²) in [5.41, 5.74) is 0.516. The summed E-state index contributed by atoms with van der Waals surface area (Å²) in [6.45, 7) is 3.20. The molecule has 10 nitrogen and oxygen atoms in total. The minimum atomic E-state index is -0.354. The number of benzene rings is 1. The maximum absolute atomic E-state index is 12.3. The second kappa shape index (κ2) is 9.27. The van der Waals surface area contributed by atoms with E-state index in [1.165, 1.54) is 7.11 Å². The van der Waals surface area contributed by atoms with E-state index in [1.54, 1.807) is 36.1 Å². The Morgan fingerprint density at radius 3 is 2.61 bits per heavy atom. The van der Waals surface area contributed by atoms with Crippen molar-refractivity contribution in [3.63, 3.8) is 0 Å². The van der Waals surface area contributed by atoms with Crippen molar-refractivity contribution in [3.05, 3.63) is 35.7 Å². The van der Waals surface area contributed by atoms with Gasteiger partial charge in [0.1, 0.15) is 18.5 Å². The number of nitrogens with one attached hydrogen (secondary N) is 2. The topological polar surface area (TPSA) is 122 Å². The number of carbonyl (C=O) groups excluding carboxylic acids is 2. The van der Waals surface area contributed by atoms with Crippen molar-refractivity contribution in [2.75, 3.05) is 26.8 Å². The fourth-order valence-electron chi connectivity index (χ4n) is 3.01. The van der Waals surface area contributed by atoms with Crippen molar-refractivity contribution in [2.45, 2.75) is 31.9 Å². The lowest BCUT2D eigenvalue weighted by Gasteiger charge is -2.32. The fraction of sp³-hybridized carbons (Fsp3) is 0.500. The SMILES string of the molecule is COCC(=O)N1CCC(Oc2ccc(C(=O)N[C@@H](C)c3nn[nH]n3)cc2)CC1. The molecule has 2 N–H and O–H groups in total. The molecule has 1 aromatic carbocycles. The van der Waals surface area contributed by atoms with Gasteiger partial charge in [0.05, 0.1) is 6.04 Å². The summed E-state index contributed by atoms with van der Waals surface area (Å²) in [6.07, 6.45) is 1.57. The lowest BCUT2D eigenvalue weighted by molar-refractivity contribution is -0.136. The second-order valence-corrected chi connectivity index (χ2v) is 6.62. The number of rotatable bonds is 7. The van der Waals surface area contributed by atoms with Crippen LogP contribution in [-0.4, -0.2) is 70.2 Å². The Morgan fingerprint density at radius 1 is 1.29 bits per heavy atom. The highest BCUT2D eigenvalue weighted by Crippen LogP contribution is 2.20. The normalized spacial score (nSPS) is 15.9. The van der Waals surface area contributed by atoms with E-state index in [-0.39, 0.29) is 30.6 Å². The predicted molar refractivity (Wildman–Crippen MR) is 98.6 cm³/mol. The van der Waals surface area contributed by atoms with Crippen LogP contribution in [0.5, 0.6) is 5.75 Å². The molecule has 10 heteroatoms. The average molecular weight is 388 g/mol. The van der Waals surface area contributed by atoms with Gasteiger partial charge in [0.15, 0.2) is 5.82 Å². The molecule has 2 amide bonds. The van der Waals surface area contributed by atoms with Crippen molar-refractivity contribution < 1.29 is 19.1 Å². The van der Waals surface area contributed by atoms with Crippen LogP contribution >= 0.6 is 0 Å². The largest absolute Gasteiger partial charge is 0.490 e. The molecule has 2 heterocycles. The predicted octanol–water partition coefficient (Wildman–Crippen LogP) is 0.707. The summed E-state index contributed by atoms with van der Waals surface area (Å²) < 4.78 is 10.9. The third-order valence-corrected chi connectivity index (χ3v) is 4.58. The minimum absolute atomic E-state index is 0.00589. The van der Waals surface area contributed by atoms with E-state index < -0.39 is 0 Å². The number of methoxy groups -OCH3 is 1. The number of likely N-dealkylation sites (tertiary alicyclic amines) is 1. The Kier molecular flexibility index (Phi) is 6.53. The monoisotopic (exact) mass is 388 g/mol. The summed E-state index contributed by atoms with van der Waals surface area (Å²) >= 11 is 0. The summed E-state index contributed by atoms with van der Waals surface area (Å²) in [5.74, 6) is 0.897. The van der Waals surface area contributed by atoms with E-state index in [0.717, 1.165) is 12.8 Å². The molecule has 0 spiro atoms. The number of aromatic nitrogens is 4. The third kappa shape index (κ3) is 5.03. The van der Waals surface area contributed by atoms with Crippen molar-refractivity contribution in [1.29, 1.82) is 0 Å². The standard InChI is InChI=1S/C18H24N6O4/c1-12(17-20-22-23-21-17)19-18(26)13-3-5-14(6-4-13)28-15-7-9-24(10-8-15)16(25)11-27-2/h3-6,12,15H,7-11H2,1-2H3,(H,19,26)(H,20,21,22,23)/t12-/m0/s1. The van der Waals surface area contributed by atoms with Crippen LogP contribution in [0.2, 0.25) is 0 Å². The first kappa shape index (κ1) is 19.7. The second-order valence-electron chi connectivity index (χ2n) is 6.62. The highest BCUT2D eigenvalue weighted by molar-refractivity contribution is 5.94. The van der Waals surface area contributed by atoms with Crippen LogP contribution in [-0.2, 0) is 9.53 Å². The van der Waals surface area contributed by atoms with Crippen molar-refractivity contribution >= 4 is 11.8 Å². The van der Waals surface area contributed by atoms with Crippen LogP contribution < -0.4 is 10.1 Å². The molecule has 0 unspecified atom stereocenters. The van der Waals surface area contributed by atoms with Crippen LogP contribution in [0, 0.1) is 0 Å². The van der Waals surface area contributed by atoms with Gasteiger partial charge in [0.2, 0.25) is 5.91 Å². The van der Waals surface area contributed by atoms with Crippen LogP contribution in [0.25, 0.3) is 0 Å². The van der Waals surface area contributed by atoms with Gasteiger partial charge in [-0.15, -0.1) is 10.2 Å². The first-order valence-corrected chi connectivity index (χ1v) is 9.14. The van der Waals surface area contributed by atoms with Crippen molar-refractivity contribution in [1.82, 2.24) is 30.8 Å². The molecule has 1 saturated heterocycles. The molecule has 3 rings (SSSR count). The molecule has 1 aromatic heterocycles. The Bertz CT molecular complexity index is 772. The number of ether oxygens (including phenoxy) is 2. The fourth-order valence-corrected chi connectivity index (χ4v) is 3.01. The molecule has 0 radical (unpaired) electrons. The summed E-state index contributed by atoms with van der Waals surface area (Å²) in [6, 6.07) is 6.62. The van der Waals surface area contributed by atoms with Crippen LogP contribution in [0.3, 0.4) is 0 Å². The zero-order valence-corrected chi connectivity index (χ0v) is 15.9. The first-order chi connectivity index (χ1) is 13.6. The van der Waals surface area contributed by atoms with Gasteiger partial charge in [-0.1, -0.05) is 5.21 Å². The van der Waals surface area contributed by atoms with E-state index in [9.17, 15) is 9.59 Å². The van der Waals surface area contributed by atoms with Crippen molar-refractivity contribution in [3.8, 4) is 5.75 Å². The van der Waals surface area contributed by atoms with E-state index in [0.29, 0.717) is 30.2 Å². The Morgan fingerprint density at radius 2 is 2.00 bits per heavy atom. The van der Waals surface area contributed by atoms with Gasteiger partial charge in [0, 0.05) is 38.6 Å². The molecule has 28 heavy (non-hydrogen) atoms. The number of nitrogens with zero attached hydrogens (tertiary/aromatic N) is 4. The van der Waals surface area contributed by atoms with Crippen molar-refractivity contribution in [2.24, 2.45) is 0 Å². The smallest absolute Gasteiger partial charge is 0.251 e. The molecule has 2 aromatic rings. The molecule has 1 aliphatic heterocycles. The highest BCUT2D eigenvalue weighted by atomic mass is 16.5. The maximum Gasteiger partial charge on any atom is 0.251 e. The Hall–Kier alpha value is -3.01. The van der Waals surface area contributed by atoms with Gasteiger partial charge in [-0.2, -0.15) is 5.21 Å². The number of aromatic amines is 1. The summed E-state index contributed by atoms with van der Waals surface area (Å²) in [7, 11) is 1.52. The molecule has 0 aliphatic carbocycles. The molecular formula is C18H24N6O4. The molecule has 150 valence electrons. The molecular weight excluding hydrogens is 364 g/mol. The van der Waals surface area contributed by atoms with Crippen LogP contribution in [0.15, 0.2) is 24.3 Å². The average Bonchev–Trinajstić information content (AvgIpc) is 3.24. The number of amides is 2. The zero-order valence-electron chi connectivity index (χ0n) is 15.9. The molecule has 1 fully saturated rings. The van der Waals surface area contributed by atoms with Crippen LogP contribution in [0.1, 0.15) is 42.0 Å². The number of piperidine rings is 1. The number of tetrazole rings is 1. The Balaban J connectivity index is 1.48. The number of carbonyl (C=O) groups is 2. The summed E-state index contributed by atoms with van der Waals surface area (Å²) in [4.78, 5) is 25.9. The van der Waals surface area contributed by atoms with Gasteiger partial charge in [-0.05, 0) is 31.2 Å². The molecule has 1 atom stereocenters. The van der Waals surface area contributed by atoms with Gasteiger partial charge < -0.3 is 19.7 Å². The minimum Gasteiger partial charge on any atom is -0.490 e. The quantitative estimate of drug-likeness (QED) is 0.716. The molecule has 0 bridgehead atoms. The zero-order chi connectivity index (χ0) is 19.9. The highest BCUT2D eigenvalue weighted by Gasteiger charge is 2.23. The van der Waals surface area contributed by atoms with Crippen LogP contribution in [0.4, 0.5) is 0 Å². The third-order valence-electron chi connectivity index (χ3n) is 4.58. The van der Waals surface area contributed by atoms with Gasteiger partial charge in [-0.3, -0.25) is 9.59 Å². The first-order valence-electron chi connectivity index (χ1n) is 9.14. The summed E-state index contributed by atoms with van der Waals surface area (Å²) in [5, 5.41) is 16.4. The van der Waals surface area contributed by atoms with E-state index in [4.69, 9.17) is 9.47 Å². The molecule has 1 aliphatic rings. The van der Waals surface area contributed by atoms with E-state index >= 15 is 0 Å². The number of hydrogen-bond acceptors (Lipinski definition) is 7. The maximum atomic E-state index is 12.3.